The first kappa shape index (κ1) is 18.8. The van der Waals surface area contributed by atoms with Crippen LogP contribution in [0.3, 0.4) is 0 Å². The first-order valence-electron chi connectivity index (χ1n) is 9.62. The van der Waals surface area contributed by atoms with Crippen molar-refractivity contribution in [2.45, 2.75) is 6.61 Å². The van der Waals surface area contributed by atoms with Crippen LogP contribution in [0.2, 0.25) is 0 Å². The molecule has 1 aromatic heterocycles. The number of hydrogen-bond donors (Lipinski definition) is 1. The van der Waals surface area contributed by atoms with Crippen LogP contribution in [-0.4, -0.2) is 35.6 Å². The quantitative estimate of drug-likeness (QED) is 0.658. The van der Waals surface area contributed by atoms with Gasteiger partial charge < -0.3 is 19.7 Å². The standard InChI is InChI=1S/C23H23N3O3/c27-23(25-20-8-5-11-24-13-20)26-14-19(15-26)17-29-22-10-4-9-21(12-22)28-16-18-6-2-1-3-7-18/h1-13,19H,14-17H2,(H,25,27). The molecule has 0 radical (unpaired) electrons. The van der Waals surface area contributed by atoms with Gasteiger partial charge in [0.15, 0.2) is 0 Å². The van der Waals surface area contributed by atoms with Gasteiger partial charge in [0.1, 0.15) is 18.1 Å². The second-order valence-electron chi connectivity index (χ2n) is 7.00. The molecule has 148 valence electrons. The van der Waals surface area contributed by atoms with Crippen molar-refractivity contribution in [2.75, 3.05) is 25.0 Å². The first-order valence-corrected chi connectivity index (χ1v) is 9.62. The zero-order valence-corrected chi connectivity index (χ0v) is 16.0. The molecule has 2 aromatic carbocycles. The Bertz CT molecular complexity index is 928. The van der Waals surface area contributed by atoms with Crippen molar-refractivity contribution < 1.29 is 14.3 Å². The van der Waals surface area contributed by atoms with E-state index in [9.17, 15) is 4.79 Å². The third-order valence-electron chi connectivity index (χ3n) is 4.70. The number of nitrogens with zero attached hydrogens (tertiary/aromatic N) is 2. The summed E-state index contributed by atoms with van der Waals surface area (Å²) in [5.74, 6) is 1.87. The van der Waals surface area contributed by atoms with Gasteiger partial charge in [0, 0.05) is 31.3 Å². The Morgan fingerprint density at radius 2 is 1.79 bits per heavy atom. The van der Waals surface area contributed by atoms with E-state index in [-0.39, 0.29) is 6.03 Å². The van der Waals surface area contributed by atoms with Gasteiger partial charge >= 0.3 is 6.03 Å². The highest BCUT2D eigenvalue weighted by atomic mass is 16.5. The van der Waals surface area contributed by atoms with E-state index in [4.69, 9.17) is 9.47 Å². The van der Waals surface area contributed by atoms with Gasteiger partial charge in [0.05, 0.1) is 18.5 Å². The molecule has 0 bridgehead atoms. The highest BCUT2D eigenvalue weighted by Crippen LogP contribution is 2.23. The van der Waals surface area contributed by atoms with E-state index in [0.717, 1.165) is 17.1 Å². The third kappa shape index (κ3) is 5.25. The molecular weight excluding hydrogens is 366 g/mol. The average Bonchev–Trinajstić information content (AvgIpc) is 2.73. The van der Waals surface area contributed by atoms with Crippen LogP contribution in [0.5, 0.6) is 11.5 Å². The van der Waals surface area contributed by atoms with Crippen LogP contribution >= 0.6 is 0 Å². The van der Waals surface area contributed by atoms with Crippen molar-refractivity contribution in [1.82, 2.24) is 9.88 Å². The summed E-state index contributed by atoms with van der Waals surface area (Å²) < 4.78 is 11.7. The number of carbonyl (C=O) groups excluding carboxylic acids is 1. The lowest BCUT2D eigenvalue weighted by atomic mass is 10.0. The minimum Gasteiger partial charge on any atom is -0.493 e. The lowest BCUT2D eigenvalue weighted by Gasteiger charge is -2.38. The fourth-order valence-corrected chi connectivity index (χ4v) is 3.09. The lowest BCUT2D eigenvalue weighted by molar-refractivity contribution is 0.0923. The molecule has 0 saturated carbocycles. The van der Waals surface area contributed by atoms with Gasteiger partial charge in [-0.2, -0.15) is 0 Å². The molecule has 1 aliphatic heterocycles. The maximum Gasteiger partial charge on any atom is 0.321 e. The molecule has 2 amide bonds. The fraction of sp³-hybridized carbons (Fsp3) is 0.217. The number of pyridine rings is 1. The summed E-state index contributed by atoms with van der Waals surface area (Å²) >= 11 is 0. The van der Waals surface area contributed by atoms with Gasteiger partial charge in [0.25, 0.3) is 0 Å². The Kier molecular flexibility index (Phi) is 5.90. The molecule has 3 aromatic rings. The molecule has 6 nitrogen and oxygen atoms in total. The van der Waals surface area contributed by atoms with Crippen molar-refractivity contribution in [3.05, 3.63) is 84.7 Å². The van der Waals surface area contributed by atoms with E-state index < -0.39 is 0 Å². The van der Waals surface area contributed by atoms with Gasteiger partial charge in [-0.15, -0.1) is 0 Å². The van der Waals surface area contributed by atoms with E-state index in [0.29, 0.717) is 37.9 Å². The minimum absolute atomic E-state index is 0.106. The van der Waals surface area contributed by atoms with Crippen LogP contribution in [0.15, 0.2) is 79.1 Å². The molecule has 1 aliphatic rings. The van der Waals surface area contributed by atoms with Gasteiger partial charge in [-0.1, -0.05) is 36.4 Å². The third-order valence-corrected chi connectivity index (χ3v) is 4.70. The Morgan fingerprint density at radius 3 is 2.55 bits per heavy atom. The SMILES string of the molecule is O=C(Nc1cccnc1)N1CC(COc2cccc(OCc3ccccc3)c2)C1. The highest BCUT2D eigenvalue weighted by molar-refractivity contribution is 5.89. The smallest absolute Gasteiger partial charge is 0.321 e. The van der Waals surface area contributed by atoms with Crippen LogP contribution in [-0.2, 0) is 6.61 Å². The summed E-state index contributed by atoms with van der Waals surface area (Å²) in [4.78, 5) is 17.9. The monoisotopic (exact) mass is 389 g/mol. The van der Waals surface area contributed by atoms with Gasteiger partial charge in [-0.3, -0.25) is 4.98 Å². The number of benzene rings is 2. The first-order chi connectivity index (χ1) is 14.3. The van der Waals surface area contributed by atoms with Crippen molar-refractivity contribution >= 4 is 11.7 Å². The Balaban J connectivity index is 1.20. The number of rotatable bonds is 7. The Labute approximate surface area is 170 Å². The summed E-state index contributed by atoms with van der Waals surface area (Å²) in [6.07, 6.45) is 3.31. The maximum absolute atomic E-state index is 12.2. The van der Waals surface area contributed by atoms with E-state index in [2.05, 4.69) is 10.3 Å². The number of urea groups is 1. The van der Waals surface area contributed by atoms with Crippen LogP contribution in [0, 0.1) is 5.92 Å². The predicted molar refractivity (Wildman–Crippen MR) is 111 cm³/mol. The normalized spacial score (nSPS) is 13.4. The number of amides is 2. The molecule has 6 heteroatoms. The van der Waals surface area contributed by atoms with Crippen molar-refractivity contribution in [1.29, 1.82) is 0 Å². The highest BCUT2D eigenvalue weighted by Gasteiger charge is 2.31. The second-order valence-corrected chi connectivity index (χ2v) is 7.00. The van der Waals surface area contributed by atoms with Crippen LogP contribution in [0.4, 0.5) is 10.5 Å². The predicted octanol–water partition coefficient (Wildman–Crippen LogP) is 4.20. The Morgan fingerprint density at radius 1 is 1.00 bits per heavy atom. The molecule has 4 rings (SSSR count). The molecule has 0 spiro atoms. The Hall–Kier alpha value is -3.54. The van der Waals surface area contributed by atoms with Crippen LogP contribution < -0.4 is 14.8 Å². The number of aromatic nitrogens is 1. The topological polar surface area (TPSA) is 63.7 Å². The molecule has 1 fully saturated rings. The van der Waals surface area contributed by atoms with Crippen molar-refractivity contribution in [2.24, 2.45) is 5.92 Å². The molecular formula is C23H23N3O3. The summed E-state index contributed by atoms with van der Waals surface area (Å²) in [7, 11) is 0. The molecule has 0 aliphatic carbocycles. The molecule has 29 heavy (non-hydrogen) atoms. The van der Waals surface area contributed by atoms with E-state index in [1.54, 1.807) is 23.4 Å². The number of nitrogens with one attached hydrogen (secondary N) is 1. The number of anilines is 1. The van der Waals surface area contributed by atoms with Gasteiger partial charge in [0.2, 0.25) is 0 Å². The van der Waals surface area contributed by atoms with Crippen LogP contribution in [0.1, 0.15) is 5.56 Å². The molecule has 1 saturated heterocycles. The summed E-state index contributed by atoms with van der Waals surface area (Å²) in [5, 5.41) is 2.84. The molecule has 1 N–H and O–H groups in total. The number of likely N-dealkylation sites (tertiary alicyclic amines) is 1. The van der Waals surface area contributed by atoms with Crippen LogP contribution in [0.25, 0.3) is 0 Å². The zero-order valence-electron chi connectivity index (χ0n) is 16.0. The molecule has 2 heterocycles. The summed E-state index contributed by atoms with van der Waals surface area (Å²) in [6, 6.07) is 21.2. The van der Waals surface area contributed by atoms with E-state index >= 15 is 0 Å². The number of hydrogen-bond acceptors (Lipinski definition) is 4. The van der Waals surface area contributed by atoms with E-state index in [1.807, 2.05) is 60.7 Å². The second kappa shape index (κ2) is 9.10. The number of ether oxygens (including phenoxy) is 2. The molecule has 0 atom stereocenters. The summed E-state index contributed by atoms with van der Waals surface area (Å²) in [6.45, 7) is 2.44. The molecule has 0 unspecified atom stereocenters. The van der Waals surface area contributed by atoms with Crippen molar-refractivity contribution in [3.8, 4) is 11.5 Å². The number of carbonyl (C=O) groups is 1. The zero-order chi connectivity index (χ0) is 19.9. The lowest BCUT2D eigenvalue weighted by Crippen LogP contribution is -2.53. The largest absolute Gasteiger partial charge is 0.493 e. The average molecular weight is 389 g/mol. The van der Waals surface area contributed by atoms with E-state index in [1.165, 1.54) is 0 Å². The van der Waals surface area contributed by atoms with Gasteiger partial charge in [-0.05, 0) is 29.8 Å². The van der Waals surface area contributed by atoms with Crippen molar-refractivity contribution in [3.63, 3.8) is 0 Å². The minimum atomic E-state index is -0.106. The fourth-order valence-electron chi connectivity index (χ4n) is 3.09. The van der Waals surface area contributed by atoms with Gasteiger partial charge in [-0.25, -0.2) is 4.79 Å². The summed E-state index contributed by atoms with van der Waals surface area (Å²) in [5.41, 5.74) is 1.82. The maximum atomic E-state index is 12.2.